The zero-order valence-electron chi connectivity index (χ0n) is 23.4. The van der Waals surface area contributed by atoms with Gasteiger partial charge in [-0.2, -0.15) is 0 Å². The third-order valence-corrected chi connectivity index (χ3v) is 9.62. The lowest BCUT2D eigenvalue weighted by molar-refractivity contribution is 0.0828. The van der Waals surface area contributed by atoms with E-state index in [9.17, 15) is 12.8 Å². The zero-order chi connectivity index (χ0) is 27.2. The fourth-order valence-corrected chi connectivity index (χ4v) is 7.23. The zero-order valence-corrected chi connectivity index (χ0v) is 24.2. The highest BCUT2D eigenvalue weighted by Crippen LogP contribution is 2.35. The van der Waals surface area contributed by atoms with Gasteiger partial charge in [-0.05, 0) is 106 Å². The van der Waals surface area contributed by atoms with E-state index >= 15 is 0 Å². The quantitative estimate of drug-likeness (QED) is 0.420. The van der Waals surface area contributed by atoms with E-state index in [4.69, 9.17) is 4.98 Å². The van der Waals surface area contributed by atoms with Crippen molar-refractivity contribution in [1.82, 2.24) is 19.4 Å². The number of rotatable bonds is 6. The van der Waals surface area contributed by atoms with Crippen molar-refractivity contribution < 1.29 is 12.8 Å². The molecule has 5 rings (SSSR count). The number of imidazole rings is 1. The Hall–Kier alpha value is -2.29. The lowest BCUT2D eigenvalue weighted by Gasteiger charge is -2.42. The van der Waals surface area contributed by atoms with Gasteiger partial charge in [0, 0.05) is 31.5 Å². The first-order chi connectivity index (χ1) is 18.0. The van der Waals surface area contributed by atoms with E-state index in [-0.39, 0.29) is 4.90 Å². The van der Waals surface area contributed by atoms with Gasteiger partial charge in [0.25, 0.3) is 0 Å². The third-order valence-electron chi connectivity index (χ3n) is 8.49. The minimum Gasteiger partial charge on any atom is -0.327 e. The molecule has 8 heteroatoms. The van der Waals surface area contributed by atoms with E-state index in [0.717, 1.165) is 47.9 Å². The summed E-state index contributed by atoms with van der Waals surface area (Å²) in [5.41, 5.74) is 4.98. The van der Waals surface area contributed by atoms with Gasteiger partial charge in [0.15, 0.2) is 9.84 Å². The molecule has 2 aromatic carbocycles. The Morgan fingerprint density at radius 1 is 1.03 bits per heavy atom. The smallest absolute Gasteiger partial charge is 0.178 e. The first-order valence-electron chi connectivity index (χ1n) is 13.9. The number of aryl methyl sites for hydroxylation is 2. The molecule has 3 aromatic rings. The summed E-state index contributed by atoms with van der Waals surface area (Å²) in [7, 11) is -1.67. The highest BCUT2D eigenvalue weighted by molar-refractivity contribution is 7.90. The summed E-state index contributed by atoms with van der Waals surface area (Å²) in [6.45, 7) is 12.7. The van der Waals surface area contributed by atoms with Crippen molar-refractivity contribution >= 4 is 20.9 Å². The lowest BCUT2D eigenvalue weighted by atomic mass is 9.87. The molecule has 0 bridgehead atoms. The summed E-state index contributed by atoms with van der Waals surface area (Å²) in [6, 6.07) is 9.50. The maximum atomic E-state index is 14.6. The minimum atomic E-state index is -3.62. The Bertz CT molecular complexity index is 1420. The molecule has 0 amide bonds. The number of fused-ring (bicyclic) bond motifs is 1. The Morgan fingerprint density at radius 3 is 2.32 bits per heavy atom. The number of hydrogen-bond acceptors (Lipinski definition) is 5. The number of piperidine rings is 2. The number of sulfone groups is 1. The number of benzene rings is 2. The number of nitrogens with zero attached hydrogens (tertiary/aromatic N) is 4. The third kappa shape index (κ3) is 5.54. The predicted octanol–water partition coefficient (Wildman–Crippen LogP) is 5.39. The normalized spacial score (nSPS) is 19.1. The molecule has 3 heterocycles. The SMILES string of the molecule is Cc1cc(C2CCN(C3CCN(CC(C)C)CC3)CC2)cc2c1nc(-c1ccc(S(C)(=O)=O)c(F)c1)n2C. The van der Waals surface area contributed by atoms with Crippen LogP contribution in [-0.4, -0.2) is 72.8 Å². The highest BCUT2D eigenvalue weighted by Gasteiger charge is 2.29. The van der Waals surface area contributed by atoms with Crippen molar-refractivity contribution in [3.63, 3.8) is 0 Å². The summed E-state index contributed by atoms with van der Waals surface area (Å²) in [5.74, 6) is 1.16. The van der Waals surface area contributed by atoms with Crippen molar-refractivity contribution in [3.8, 4) is 11.4 Å². The summed E-state index contributed by atoms with van der Waals surface area (Å²) >= 11 is 0. The van der Waals surface area contributed by atoms with Gasteiger partial charge in [0.05, 0.1) is 11.0 Å². The van der Waals surface area contributed by atoms with E-state index in [1.54, 1.807) is 6.07 Å². The second-order valence-corrected chi connectivity index (χ2v) is 13.8. The van der Waals surface area contributed by atoms with Crippen molar-refractivity contribution in [2.45, 2.75) is 63.3 Å². The van der Waals surface area contributed by atoms with E-state index in [1.807, 2.05) is 11.6 Å². The maximum absolute atomic E-state index is 14.6. The molecule has 1 aromatic heterocycles. The van der Waals surface area contributed by atoms with Crippen LogP contribution in [0.4, 0.5) is 4.39 Å². The van der Waals surface area contributed by atoms with Gasteiger partial charge in [-0.25, -0.2) is 17.8 Å². The minimum absolute atomic E-state index is 0.286. The van der Waals surface area contributed by atoms with Crippen LogP contribution < -0.4 is 0 Å². The number of hydrogen-bond donors (Lipinski definition) is 0. The van der Waals surface area contributed by atoms with Crippen LogP contribution in [0.25, 0.3) is 22.4 Å². The molecule has 0 unspecified atom stereocenters. The first kappa shape index (κ1) is 27.3. The van der Waals surface area contributed by atoms with E-state index in [1.165, 1.54) is 63.0 Å². The van der Waals surface area contributed by atoms with Crippen molar-refractivity contribution in [2.24, 2.45) is 13.0 Å². The van der Waals surface area contributed by atoms with Gasteiger partial charge >= 0.3 is 0 Å². The topological polar surface area (TPSA) is 58.4 Å². The Morgan fingerprint density at radius 2 is 1.71 bits per heavy atom. The van der Waals surface area contributed by atoms with Gasteiger partial charge in [-0.15, -0.1) is 0 Å². The second kappa shape index (κ2) is 10.7. The summed E-state index contributed by atoms with van der Waals surface area (Å²) in [6.07, 6.45) is 5.92. The van der Waals surface area contributed by atoms with Crippen LogP contribution in [0, 0.1) is 18.7 Å². The van der Waals surface area contributed by atoms with Crippen LogP contribution in [0.2, 0.25) is 0 Å². The molecule has 206 valence electrons. The summed E-state index contributed by atoms with van der Waals surface area (Å²) < 4.78 is 40.3. The van der Waals surface area contributed by atoms with E-state index in [2.05, 4.69) is 42.7 Å². The van der Waals surface area contributed by atoms with Gasteiger partial charge in [0.2, 0.25) is 0 Å². The highest BCUT2D eigenvalue weighted by atomic mass is 32.2. The average Bonchev–Trinajstić information content (AvgIpc) is 3.20. The number of aromatic nitrogens is 2. The second-order valence-electron chi connectivity index (χ2n) is 11.9. The van der Waals surface area contributed by atoms with E-state index in [0.29, 0.717) is 17.3 Å². The molecular formula is C30H41FN4O2S. The van der Waals surface area contributed by atoms with Crippen LogP contribution in [0.1, 0.15) is 56.6 Å². The van der Waals surface area contributed by atoms with Crippen LogP contribution in [0.15, 0.2) is 35.2 Å². The molecule has 0 N–H and O–H groups in total. The summed E-state index contributed by atoms with van der Waals surface area (Å²) in [4.78, 5) is 9.90. The Labute approximate surface area is 226 Å². The van der Waals surface area contributed by atoms with Crippen LogP contribution in [-0.2, 0) is 16.9 Å². The molecular weight excluding hydrogens is 499 g/mol. The summed E-state index contributed by atoms with van der Waals surface area (Å²) in [5, 5.41) is 0. The molecule has 0 aliphatic carbocycles. The van der Waals surface area contributed by atoms with Crippen molar-refractivity contribution in [3.05, 3.63) is 47.3 Å². The monoisotopic (exact) mass is 540 g/mol. The fraction of sp³-hybridized carbons (Fsp3) is 0.567. The molecule has 0 radical (unpaired) electrons. The van der Waals surface area contributed by atoms with Crippen molar-refractivity contribution in [1.29, 1.82) is 0 Å². The van der Waals surface area contributed by atoms with Gasteiger partial charge in [-0.3, -0.25) is 0 Å². The van der Waals surface area contributed by atoms with Gasteiger partial charge in [-0.1, -0.05) is 19.9 Å². The largest absolute Gasteiger partial charge is 0.327 e. The first-order valence-corrected chi connectivity index (χ1v) is 15.8. The molecule has 2 aliphatic heterocycles. The average molecular weight is 541 g/mol. The molecule has 6 nitrogen and oxygen atoms in total. The maximum Gasteiger partial charge on any atom is 0.178 e. The Balaban J connectivity index is 1.31. The van der Waals surface area contributed by atoms with Gasteiger partial charge in [0.1, 0.15) is 16.5 Å². The number of halogens is 1. The molecule has 2 saturated heterocycles. The van der Waals surface area contributed by atoms with Gasteiger partial charge < -0.3 is 14.4 Å². The molecule has 0 spiro atoms. The van der Waals surface area contributed by atoms with Crippen LogP contribution in [0.3, 0.4) is 0 Å². The van der Waals surface area contributed by atoms with E-state index < -0.39 is 15.7 Å². The fourth-order valence-electron chi connectivity index (χ4n) is 6.50. The Kier molecular flexibility index (Phi) is 7.68. The molecule has 38 heavy (non-hydrogen) atoms. The predicted molar refractivity (Wildman–Crippen MR) is 152 cm³/mol. The van der Waals surface area contributed by atoms with Crippen LogP contribution >= 0.6 is 0 Å². The van der Waals surface area contributed by atoms with Crippen molar-refractivity contribution in [2.75, 3.05) is 39.0 Å². The van der Waals surface area contributed by atoms with Crippen LogP contribution in [0.5, 0.6) is 0 Å². The molecule has 0 atom stereocenters. The molecule has 2 fully saturated rings. The lowest BCUT2D eigenvalue weighted by Crippen LogP contribution is -2.48. The standard InChI is InChI=1S/C30H41FN4O2S/c1-20(2)19-34-12-10-25(11-13-34)35-14-8-22(9-15-35)24-16-21(3)29-27(18-24)33(4)30(32-29)23-6-7-28(26(31)17-23)38(5,36)37/h6-7,16-18,20,22,25H,8-15,19H2,1-5H3. The molecule has 0 saturated carbocycles. The molecule has 2 aliphatic rings. The number of likely N-dealkylation sites (tertiary alicyclic amines) is 2.